The van der Waals surface area contributed by atoms with Gasteiger partial charge in [-0.25, -0.2) is 4.98 Å². The molecule has 0 saturated heterocycles. The molecule has 92 valence electrons. The summed E-state index contributed by atoms with van der Waals surface area (Å²) in [6.07, 6.45) is 0. The number of aryl methyl sites for hydroxylation is 1. The zero-order valence-corrected chi connectivity index (χ0v) is 10.4. The van der Waals surface area contributed by atoms with Crippen molar-refractivity contribution in [1.82, 2.24) is 4.98 Å². The number of aromatic hydroxyl groups is 1. The minimum atomic E-state index is -0.262. The first kappa shape index (κ1) is 12.4. The van der Waals surface area contributed by atoms with Crippen molar-refractivity contribution in [2.75, 3.05) is 5.32 Å². The SMILES string of the molecule is Cc1nc(Cl)ccc1NC(=O)c1ccc(O)cc1. The van der Waals surface area contributed by atoms with Crippen LogP contribution in [-0.2, 0) is 0 Å². The Labute approximate surface area is 109 Å². The highest BCUT2D eigenvalue weighted by Gasteiger charge is 2.08. The lowest BCUT2D eigenvalue weighted by molar-refractivity contribution is 0.102. The molecule has 18 heavy (non-hydrogen) atoms. The van der Waals surface area contributed by atoms with E-state index in [-0.39, 0.29) is 11.7 Å². The number of carbonyl (C=O) groups is 1. The van der Waals surface area contributed by atoms with Crippen LogP contribution in [0.4, 0.5) is 5.69 Å². The molecule has 1 amide bonds. The van der Waals surface area contributed by atoms with Crippen LogP contribution in [0.25, 0.3) is 0 Å². The third-order valence-corrected chi connectivity index (χ3v) is 2.64. The normalized spacial score (nSPS) is 10.1. The largest absolute Gasteiger partial charge is 0.508 e. The number of anilines is 1. The van der Waals surface area contributed by atoms with Crippen molar-refractivity contribution in [1.29, 1.82) is 0 Å². The molecule has 1 heterocycles. The second-order valence-corrected chi connectivity index (χ2v) is 4.16. The van der Waals surface area contributed by atoms with Crippen molar-refractivity contribution in [3.05, 3.63) is 52.8 Å². The highest BCUT2D eigenvalue weighted by Crippen LogP contribution is 2.17. The fraction of sp³-hybridized carbons (Fsp3) is 0.0769. The molecule has 1 aromatic carbocycles. The number of rotatable bonds is 2. The van der Waals surface area contributed by atoms with Gasteiger partial charge in [-0.05, 0) is 43.3 Å². The molecule has 0 fully saturated rings. The van der Waals surface area contributed by atoms with Crippen LogP contribution < -0.4 is 5.32 Å². The van der Waals surface area contributed by atoms with Crippen LogP contribution in [0.2, 0.25) is 5.15 Å². The molecule has 0 aliphatic rings. The number of phenolic OH excluding ortho intramolecular Hbond substituents is 1. The van der Waals surface area contributed by atoms with Crippen molar-refractivity contribution in [2.45, 2.75) is 6.92 Å². The van der Waals surface area contributed by atoms with E-state index in [0.29, 0.717) is 22.1 Å². The molecule has 5 heteroatoms. The zero-order chi connectivity index (χ0) is 13.1. The topological polar surface area (TPSA) is 62.2 Å². The Bertz CT molecular complexity index is 582. The number of phenols is 1. The van der Waals surface area contributed by atoms with E-state index in [1.165, 1.54) is 12.1 Å². The quantitative estimate of drug-likeness (QED) is 0.818. The van der Waals surface area contributed by atoms with E-state index in [2.05, 4.69) is 10.3 Å². The van der Waals surface area contributed by atoms with Crippen LogP contribution in [0.3, 0.4) is 0 Å². The molecule has 2 N–H and O–H groups in total. The second-order valence-electron chi connectivity index (χ2n) is 3.77. The first-order valence-electron chi connectivity index (χ1n) is 5.30. The van der Waals surface area contributed by atoms with Crippen molar-refractivity contribution < 1.29 is 9.90 Å². The van der Waals surface area contributed by atoms with Crippen LogP contribution in [0.1, 0.15) is 16.1 Å². The van der Waals surface area contributed by atoms with Crippen LogP contribution in [0, 0.1) is 6.92 Å². The molecule has 0 aliphatic heterocycles. The minimum Gasteiger partial charge on any atom is -0.508 e. The molecule has 0 aliphatic carbocycles. The molecule has 2 aromatic rings. The summed E-state index contributed by atoms with van der Waals surface area (Å²) < 4.78 is 0. The predicted octanol–water partition coefficient (Wildman–Crippen LogP) is 3.00. The summed E-state index contributed by atoms with van der Waals surface area (Å²) in [5.41, 5.74) is 1.72. The Morgan fingerprint density at radius 3 is 2.50 bits per heavy atom. The summed E-state index contributed by atoms with van der Waals surface area (Å²) in [5, 5.41) is 12.3. The van der Waals surface area contributed by atoms with E-state index in [4.69, 9.17) is 16.7 Å². The lowest BCUT2D eigenvalue weighted by Crippen LogP contribution is -2.12. The van der Waals surface area contributed by atoms with Gasteiger partial charge in [-0.1, -0.05) is 11.6 Å². The molecule has 4 nitrogen and oxygen atoms in total. The summed E-state index contributed by atoms with van der Waals surface area (Å²) in [6.45, 7) is 1.76. The highest BCUT2D eigenvalue weighted by molar-refractivity contribution is 6.29. The van der Waals surface area contributed by atoms with Crippen molar-refractivity contribution in [3.8, 4) is 5.75 Å². The number of amides is 1. The average molecular weight is 263 g/mol. The number of hydrogen-bond donors (Lipinski definition) is 2. The lowest BCUT2D eigenvalue weighted by atomic mass is 10.2. The lowest BCUT2D eigenvalue weighted by Gasteiger charge is -2.07. The Hall–Kier alpha value is -2.07. The van der Waals surface area contributed by atoms with E-state index in [1.54, 1.807) is 31.2 Å². The van der Waals surface area contributed by atoms with Crippen LogP contribution >= 0.6 is 11.6 Å². The van der Waals surface area contributed by atoms with E-state index in [9.17, 15) is 4.79 Å². The Balaban J connectivity index is 2.18. The number of nitrogens with one attached hydrogen (secondary N) is 1. The van der Waals surface area contributed by atoms with E-state index in [0.717, 1.165) is 0 Å². The van der Waals surface area contributed by atoms with Gasteiger partial charge in [0.25, 0.3) is 5.91 Å². The number of benzene rings is 1. The Morgan fingerprint density at radius 2 is 1.89 bits per heavy atom. The second kappa shape index (κ2) is 5.06. The molecule has 0 saturated carbocycles. The van der Waals surface area contributed by atoms with Gasteiger partial charge in [0.2, 0.25) is 0 Å². The maximum atomic E-state index is 11.9. The Morgan fingerprint density at radius 1 is 1.22 bits per heavy atom. The van der Waals surface area contributed by atoms with Gasteiger partial charge < -0.3 is 10.4 Å². The van der Waals surface area contributed by atoms with Crippen molar-refractivity contribution in [3.63, 3.8) is 0 Å². The molecule has 0 unspecified atom stereocenters. The smallest absolute Gasteiger partial charge is 0.255 e. The van der Waals surface area contributed by atoms with Gasteiger partial charge in [0.1, 0.15) is 10.9 Å². The summed E-state index contributed by atoms with van der Waals surface area (Å²) >= 11 is 5.74. The van der Waals surface area contributed by atoms with Gasteiger partial charge >= 0.3 is 0 Å². The number of hydrogen-bond acceptors (Lipinski definition) is 3. The fourth-order valence-corrected chi connectivity index (χ4v) is 1.66. The monoisotopic (exact) mass is 262 g/mol. The van der Waals surface area contributed by atoms with E-state index < -0.39 is 0 Å². The highest BCUT2D eigenvalue weighted by atomic mass is 35.5. The van der Waals surface area contributed by atoms with Crippen LogP contribution in [-0.4, -0.2) is 16.0 Å². The van der Waals surface area contributed by atoms with Gasteiger partial charge in [-0.15, -0.1) is 0 Å². The number of halogens is 1. The number of aromatic nitrogens is 1. The maximum absolute atomic E-state index is 11.9. The van der Waals surface area contributed by atoms with E-state index in [1.807, 2.05) is 0 Å². The molecule has 0 radical (unpaired) electrons. The zero-order valence-electron chi connectivity index (χ0n) is 9.64. The molecule has 0 spiro atoms. The molecular formula is C13H11ClN2O2. The minimum absolute atomic E-state index is 0.121. The Kier molecular flexibility index (Phi) is 3.48. The summed E-state index contributed by atoms with van der Waals surface area (Å²) in [4.78, 5) is 16.0. The van der Waals surface area contributed by atoms with Gasteiger partial charge in [0.15, 0.2) is 0 Å². The summed E-state index contributed by atoms with van der Waals surface area (Å²) in [6, 6.07) is 9.32. The van der Waals surface area contributed by atoms with Gasteiger partial charge in [-0.3, -0.25) is 4.79 Å². The standard InChI is InChI=1S/C13H11ClN2O2/c1-8-11(6-7-12(14)15-8)16-13(18)9-2-4-10(17)5-3-9/h2-7,17H,1H3,(H,16,18). The maximum Gasteiger partial charge on any atom is 0.255 e. The van der Waals surface area contributed by atoms with Crippen molar-refractivity contribution in [2.24, 2.45) is 0 Å². The molecule has 1 aromatic heterocycles. The first-order valence-corrected chi connectivity index (χ1v) is 5.67. The predicted molar refractivity (Wildman–Crippen MR) is 70.0 cm³/mol. The fourth-order valence-electron chi connectivity index (χ4n) is 1.47. The van der Waals surface area contributed by atoms with Gasteiger partial charge in [-0.2, -0.15) is 0 Å². The summed E-state index contributed by atoms with van der Waals surface area (Å²) in [7, 11) is 0. The van der Waals surface area contributed by atoms with Gasteiger partial charge in [0, 0.05) is 5.56 Å². The molecule has 2 rings (SSSR count). The number of pyridine rings is 1. The van der Waals surface area contributed by atoms with E-state index >= 15 is 0 Å². The van der Waals surface area contributed by atoms with Gasteiger partial charge in [0.05, 0.1) is 11.4 Å². The third-order valence-electron chi connectivity index (χ3n) is 2.43. The molecule has 0 bridgehead atoms. The number of nitrogens with zero attached hydrogens (tertiary/aromatic N) is 1. The first-order chi connectivity index (χ1) is 8.56. The molecule has 0 atom stereocenters. The molecular weight excluding hydrogens is 252 g/mol. The van der Waals surface area contributed by atoms with Crippen LogP contribution in [0.5, 0.6) is 5.75 Å². The number of carbonyl (C=O) groups excluding carboxylic acids is 1. The van der Waals surface area contributed by atoms with Crippen molar-refractivity contribution >= 4 is 23.2 Å². The average Bonchev–Trinajstić information content (AvgIpc) is 2.33. The van der Waals surface area contributed by atoms with Crippen LogP contribution in [0.15, 0.2) is 36.4 Å². The summed E-state index contributed by atoms with van der Waals surface area (Å²) in [5.74, 6) is -0.141. The third kappa shape index (κ3) is 2.78.